The molecule has 1 amide bonds. The SMILES string of the molecule is CC(C)(C)C1CCc2nc(NC(=O)/C=C/c3ccc(N)cc3)sc2C1. The Bertz CT molecular complexity index is 784. The van der Waals surface area contributed by atoms with Gasteiger partial charge in [0, 0.05) is 16.6 Å². The summed E-state index contributed by atoms with van der Waals surface area (Å²) in [5.41, 5.74) is 8.78. The lowest BCUT2D eigenvalue weighted by atomic mass is 9.73. The van der Waals surface area contributed by atoms with Crippen molar-refractivity contribution in [3.63, 3.8) is 0 Å². The van der Waals surface area contributed by atoms with Crippen LogP contribution in [-0.4, -0.2) is 10.9 Å². The van der Waals surface area contributed by atoms with Gasteiger partial charge in [0.15, 0.2) is 5.13 Å². The van der Waals surface area contributed by atoms with E-state index in [4.69, 9.17) is 5.73 Å². The first-order valence-electron chi connectivity index (χ1n) is 8.64. The number of thiazole rings is 1. The van der Waals surface area contributed by atoms with Gasteiger partial charge in [-0.1, -0.05) is 32.9 Å². The normalized spacial score (nSPS) is 17.5. The van der Waals surface area contributed by atoms with Crippen LogP contribution in [0.4, 0.5) is 10.8 Å². The second kappa shape index (κ2) is 7.00. The first-order chi connectivity index (χ1) is 11.8. The second-order valence-corrected chi connectivity index (χ2v) is 8.77. The van der Waals surface area contributed by atoms with Gasteiger partial charge < -0.3 is 5.73 Å². The summed E-state index contributed by atoms with van der Waals surface area (Å²) in [6.07, 6.45) is 6.55. The van der Waals surface area contributed by atoms with Crippen LogP contribution in [0.3, 0.4) is 0 Å². The predicted octanol–water partition coefficient (Wildman–Crippen LogP) is 4.53. The molecule has 0 fully saturated rings. The van der Waals surface area contributed by atoms with Crippen LogP contribution in [-0.2, 0) is 17.6 Å². The summed E-state index contributed by atoms with van der Waals surface area (Å²) < 4.78 is 0. The largest absolute Gasteiger partial charge is 0.399 e. The van der Waals surface area contributed by atoms with E-state index in [1.807, 2.05) is 24.3 Å². The smallest absolute Gasteiger partial charge is 0.250 e. The van der Waals surface area contributed by atoms with Gasteiger partial charge in [0.1, 0.15) is 0 Å². The van der Waals surface area contributed by atoms with Crippen molar-refractivity contribution in [1.82, 2.24) is 4.98 Å². The average Bonchev–Trinajstić information content (AvgIpc) is 2.94. The summed E-state index contributed by atoms with van der Waals surface area (Å²) in [5, 5.41) is 3.59. The number of nitrogens with two attached hydrogens (primary N) is 1. The topological polar surface area (TPSA) is 68.0 Å². The number of benzene rings is 1. The maximum absolute atomic E-state index is 12.1. The Labute approximate surface area is 153 Å². The molecule has 0 saturated carbocycles. The molecule has 25 heavy (non-hydrogen) atoms. The molecule has 5 heteroatoms. The van der Waals surface area contributed by atoms with Gasteiger partial charge in [0.2, 0.25) is 5.91 Å². The van der Waals surface area contributed by atoms with E-state index in [9.17, 15) is 4.79 Å². The molecular weight excluding hydrogens is 330 g/mol. The molecule has 0 radical (unpaired) electrons. The highest BCUT2D eigenvalue weighted by Gasteiger charge is 2.30. The van der Waals surface area contributed by atoms with Crippen molar-refractivity contribution < 1.29 is 4.79 Å². The molecule has 4 nitrogen and oxygen atoms in total. The molecule has 0 bridgehead atoms. The standard InChI is InChI=1S/C20H25N3OS/c1-20(2,3)14-7-10-16-17(12-14)25-19(22-16)23-18(24)11-6-13-4-8-15(21)9-5-13/h4-6,8-9,11,14H,7,10,12,21H2,1-3H3,(H,22,23,24)/b11-6+. The molecule has 132 valence electrons. The first-order valence-corrected chi connectivity index (χ1v) is 9.46. The quantitative estimate of drug-likeness (QED) is 0.628. The fourth-order valence-corrected chi connectivity index (χ4v) is 4.18. The molecule has 1 aromatic carbocycles. The number of hydrogen-bond acceptors (Lipinski definition) is 4. The molecule has 1 heterocycles. The number of anilines is 2. The second-order valence-electron chi connectivity index (χ2n) is 7.68. The summed E-state index contributed by atoms with van der Waals surface area (Å²) in [6.45, 7) is 6.90. The van der Waals surface area contributed by atoms with Crippen LogP contribution in [0.5, 0.6) is 0 Å². The van der Waals surface area contributed by atoms with Crippen LogP contribution in [0, 0.1) is 11.3 Å². The minimum Gasteiger partial charge on any atom is -0.399 e. The van der Waals surface area contributed by atoms with Crippen molar-refractivity contribution in [2.75, 3.05) is 11.1 Å². The molecule has 1 aliphatic rings. The van der Waals surface area contributed by atoms with Crippen LogP contribution in [0.25, 0.3) is 6.08 Å². The van der Waals surface area contributed by atoms with E-state index in [-0.39, 0.29) is 5.91 Å². The summed E-state index contributed by atoms with van der Waals surface area (Å²) in [6, 6.07) is 7.40. The Balaban J connectivity index is 1.63. The molecule has 0 saturated heterocycles. The molecular formula is C20H25N3OS. The molecule has 1 aromatic heterocycles. The maximum atomic E-state index is 12.1. The Morgan fingerprint density at radius 2 is 2.04 bits per heavy atom. The Hall–Kier alpha value is -2.14. The highest BCUT2D eigenvalue weighted by molar-refractivity contribution is 7.15. The van der Waals surface area contributed by atoms with Crippen LogP contribution in [0.15, 0.2) is 30.3 Å². The van der Waals surface area contributed by atoms with E-state index >= 15 is 0 Å². The van der Waals surface area contributed by atoms with Crippen molar-refractivity contribution in [3.05, 3.63) is 46.5 Å². The van der Waals surface area contributed by atoms with Gasteiger partial charge in [-0.3, -0.25) is 10.1 Å². The summed E-state index contributed by atoms with van der Waals surface area (Å²) in [5.74, 6) is 0.518. The number of amides is 1. The molecule has 1 unspecified atom stereocenters. The number of carbonyl (C=O) groups is 1. The number of hydrogen-bond donors (Lipinski definition) is 2. The minimum atomic E-state index is -0.157. The third-order valence-corrected chi connectivity index (χ3v) is 5.79. The molecule has 2 aromatic rings. The van der Waals surface area contributed by atoms with Crippen molar-refractivity contribution >= 4 is 34.1 Å². The fourth-order valence-electron chi connectivity index (χ4n) is 3.09. The number of nitrogens with zero attached hydrogens (tertiary/aromatic N) is 1. The highest BCUT2D eigenvalue weighted by Crippen LogP contribution is 2.40. The zero-order valence-electron chi connectivity index (χ0n) is 15.0. The lowest BCUT2D eigenvalue weighted by molar-refractivity contribution is -0.111. The van der Waals surface area contributed by atoms with Crippen LogP contribution >= 0.6 is 11.3 Å². The number of nitrogens with one attached hydrogen (secondary N) is 1. The first kappa shape index (κ1) is 17.7. The van der Waals surface area contributed by atoms with E-state index in [2.05, 4.69) is 31.1 Å². The lowest BCUT2D eigenvalue weighted by Gasteiger charge is -2.33. The molecule has 0 spiro atoms. The zero-order chi connectivity index (χ0) is 18.0. The summed E-state index contributed by atoms with van der Waals surface area (Å²) in [4.78, 5) is 18.1. The summed E-state index contributed by atoms with van der Waals surface area (Å²) >= 11 is 1.61. The van der Waals surface area contributed by atoms with E-state index in [0.717, 1.165) is 24.1 Å². The lowest BCUT2D eigenvalue weighted by Crippen LogP contribution is -2.26. The van der Waals surface area contributed by atoms with Gasteiger partial charge in [-0.25, -0.2) is 4.98 Å². The Morgan fingerprint density at radius 1 is 1.32 bits per heavy atom. The van der Waals surface area contributed by atoms with Gasteiger partial charge in [0.05, 0.1) is 5.69 Å². The van der Waals surface area contributed by atoms with Gasteiger partial charge in [-0.15, -0.1) is 11.3 Å². The van der Waals surface area contributed by atoms with Crippen LogP contribution < -0.4 is 11.1 Å². The third kappa shape index (κ3) is 4.48. The third-order valence-electron chi connectivity index (χ3n) is 4.76. The van der Waals surface area contributed by atoms with E-state index in [1.165, 1.54) is 17.4 Å². The van der Waals surface area contributed by atoms with Gasteiger partial charge in [-0.2, -0.15) is 0 Å². The van der Waals surface area contributed by atoms with Gasteiger partial charge in [-0.05, 0) is 54.4 Å². The minimum absolute atomic E-state index is 0.157. The number of aromatic nitrogens is 1. The fraction of sp³-hybridized carbons (Fsp3) is 0.400. The van der Waals surface area contributed by atoms with Crippen LogP contribution in [0.1, 0.15) is 43.3 Å². The average molecular weight is 356 g/mol. The van der Waals surface area contributed by atoms with E-state index < -0.39 is 0 Å². The van der Waals surface area contributed by atoms with Crippen molar-refractivity contribution in [3.8, 4) is 0 Å². The Morgan fingerprint density at radius 3 is 2.72 bits per heavy atom. The van der Waals surface area contributed by atoms with Gasteiger partial charge in [0.25, 0.3) is 0 Å². The number of nitrogen functional groups attached to an aromatic ring is 1. The molecule has 1 aliphatic carbocycles. The number of rotatable bonds is 3. The molecule has 1 atom stereocenters. The maximum Gasteiger partial charge on any atom is 0.250 e. The molecule has 3 N–H and O–H groups in total. The van der Waals surface area contributed by atoms with E-state index in [0.29, 0.717) is 22.2 Å². The number of carbonyl (C=O) groups excluding carboxylic acids is 1. The molecule has 3 rings (SSSR count). The van der Waals surface area contributed by atoms with Crippen LogP contribution in [0.2, 0.25) is 0 Å². The zero-order valence-corrected chi connectivity index (χ0v) is 15.8. The van der Waals surface area contributed by atoms with Crippen molar-refractivity contribution in [2.45, 2.75) is 40.0 Å². The van der Waals surface area contributed by atoms with Crippen molar-refractivity contribution in [1.29, 1.82) is 0 Å². The van der Waals surface area contributed by atoms with Crippen molar-refractivity contribution in [2.24, 2.45) is 11.3 Å². The number of fused-ring (bicyclic) bond motifs is 1. The monoisotopic (exact) mass is 355 g/mol. The molecule has 0 aliphatic heterocycles. The predicted molar refractivity (Wildman–Crippen MR) is 106 cm³/mol. The summed E-state index contributed by atoms with van der Waals surface area (Å²) in [7, 11) is 0. The Kier molecular flexibility index (Phi) is 4.95. The van der Waals surface area contributed by atoms with E-state index in [1.54, 1.807) is 17.4 Å². The highest BCUT2D eigenvalue weighted by atomic mass is 32.1. The number of aryl methyl sites for hydroxylation is 1. The van der Waals surface area contributed by atoms with Gasteiger partial charge >= 0.3 is 0 Å².